The summed E-state index contributed by atoms with van der Waals surface area (Å²) in [7, 11) is 3.74. The minimum atomic E-state index is 0.0173. The lowest BCUT2D eigenvalue weighted by atomic mass is 10.2. The van der Waals surface area contributed by atoms with Crippen LogP contribution in [0.15, 0.2) is 12.3 Å². The van der Waals surface area contributed by atoms with Gasteiger partial charge in [0.15, 0.2) is 0 Å². The highest BCUT2D eigenvalue weighted by atomic mass is 16.2. The molecule has 1 amide bonds. The summed E-state index contributed by atoms with van der Waals surface area (Å²) in [6.45, 7) is 1.63. The van der Waals surface area contributed by atoms with E-state index in [2.05, 4.69) is 10.4 Å². The average Bonchev–Trinajstić information content (AvgIpc) is 2.83. The number of aromatic nitrogens is 2. The zero-order valence-electron chi connectivity index (χ0n) is 9.81. The van der Waals surface area contributed by atoms with Crippen LogP contribution in [0.5, 0.6) is 0 Å². The summed E-state index contributed by atoms with van der Waals surface area (Å²) in [6.07, 6.45) is 3.68. The van der Waals surface area contributed by atoms with Crippen molar-refractivity contribution in [3.63, 3.8) is 0 Å². The summed E-state index contributed by atoms with van der Waals surface area (Å²) >= 11 is 0. The fourth-order valence-electron chi connectivity index (χ4n) is 2.07. The van der Waals surface area contributed by atoms with Crippen molar-refractivity contribution in [1.82, 2.24) is 20.0 Å². The lowest BCUT2D eigenvalue weighted by Gasteiger charge is -2.15. The first-order valence-corrected chi connectivity index (χ1v) is 5.65. The second-order valence-electron chi connectivity index (χ2n) is 4.19. The van der Waals surface area contributed by atoms with Crippen molar-refractivity contribution >= 4 is 5.91 Å². The molecule has 1 saturated heterocycles. The van der Waals surface area contributed by atoms with Gasteiger partial charge in [0.25, 0.3) is 0 Å². The Morgan fingerprint density at radius 1 is 1.62 bits per heavy atom. The fourth-order valence-corrected chi connectivity index (χ4v) is 2.07. The molecule has 5 nitrogen and oxygen atoms in total. The Morgan fingerprint density at radius 2 is 2.44 bits per heavy atom. The molecule has 1 atom stereocenters. The van der Waals surface area contributed by atoms with Crippen molar-refractivity contribution in [1.29, 1.82) is 0 Å². The Hall–Kier alpha value is -1.36. The normalized spacial score (nSPS) is 20.8. The summed E-state index contributed by atoms with van der Waals surface area (Å²) in [4.78, 5) is 13.7. The number of hydrogen-bond donors (Lipinski definition) is 1. The zero-order valence-corrected chi connectivity index (χ0v) is 9.81. The van der Waals surface area contributed by atoms with E-state index in [-0.39, 0.29) is 11.9 Å². The van der Waals surface area contributed by atoms with Crippen molar-refractivity contribution in [3.05, 3.63) is 18.0 Å². The third-order valence-corrected chi connectivity index (χ3v) is 3.05. The minimum Gasteiger partial charge on any atom is -0.341 e. The lowest BCUT2D eigenvalue weighted by molar-refractivity contribution is -0.129. The Labute approximate surface area is 95.4 Å². The van der Waals surface area contributed by atoms with Gasteiger partial charge < -0.3 is 10.2 Å². The number of likely N-dealkylation sites (tertiary alicyclic amines) is 1. The van der Waals surface area contributed by atoms with Crippen molar-refractivity contribution in [3.8, 4) is 0 Å². The van der Waals surface area contributed by atoms with Crippen LogP contribution < -0.4 is 5.32 Å². The van der Waals surface area contributed by atoms with Crippen LogP contribution in [0.1, 0.15) is 12.1 Å². The third kappa shape index (κ3) is 2.24. The highest BCUT2D eigenvalue weighted by Crippen LogP contribution is 2.11. The van der Waals surface area contributed by atoms with Crippen LogP contribution in [0, 0.1) is 0 Å². The van der Waals surface area contributed by atoms with Crippen LogP contribution >= 0.6 is 0 Å². The Balaban J connectivity index is 1.85. The zero-order chi connectivity index (χ0) is 11.5. The number of carbonyl (C=O) groups is 1. The molecule has 1 aromatic rings. The van der Waals surface area contributed by atoms with Gasteiger partial charge >= 0.3 is 0 Å². The predicted octanol–water partition coefficient (Wildman–Crippen LogP) is -0.217. The van der Waals surface area contributed by atoms with E-state index in [0.29, 0.717) is 0 Å². The largest absolute Gasteiger partial charge is 0.341 e. The Kier molecular flexibility index (Phi) is 3.24. The van der Waals surface area contributed by atoms with E-state index < -0.39 is 0 Å². The summed E-state index contributed by atoms with van der Waals surface area (Å²) in [6, 6.07) is 2.01. The molecule has 0 aliphatic carbocycles. The molecule has 0 radical (unpaired) electrons. The van der Waals surface area contributed by atoms with Gasteiger partial charge in [-0.2, -0.15) is 5.10 Å². The monoisotopic (exact) mass is 222 g/mol. The van der Waals surface area contributed by atoms with Crippen LogP contribution in [0.2, 0.25) is 0 Å². The maximum atomic E-state index is 11.8. The van der Waals surface area contributed by atoms with Gasteiger partial charge in [0.1, 0.15) is 0 Å². The van der Waals surface area contributed by atoms with E-state index in [1.165, 1.54) is 0 Å². The maximum absolute atomic E-state index is 11.8. The number of aryl methyl sites for hydroxylation is 1. The van der Waals surface area contributed by atoms with E-state index in [0.717, 1.165) is 31.6 Å². The molecule has 1 unspecified atom stereocenters. The van der Waals surface area contributed by atoms with Gasteiger partial charge in [-0.15, -0.1) is 0 Å². The van der Waals surface area contributed by atoms with E-state index in [4.69, 9.17) is 0 Å². The summed E-state index contributed by atoms with van der Waals surface area (Å²) < 4.78 is 1.79. The number of likely N-dealkylation sites (N-methyl/N-ethyl adjacent to an activating group) is 1. The van der Waals surface area contributed by atoms with Gasteiger partial charge in [0, 0.05) is 32.8 Å². The van der Waals surface area contributed by atoms with Crippen LogP contribution in [-0.4, -0.2) is 46.8 Å². The van der Waals surface area contributed by atoms with Crippen LogP contribution in [-0.2, 0) is 18.3 Å². The quantitative estimate of drug-likeness (QED) is 0.766. The molecule has 0 bridgehead atoms. The first-order valence-electron chi connectivity index (χ1n) is 5.65. The number of amides is 1. The minimum absolute atomic E-state index is 0.0173. The smallest absolute Gasteiger partial charge is 0.239 e. The number of hydrogen-bond acceptors (Lipinski definition) is 3. The summed E-state index contributed by atoms with van der Waals surface area (Å²) in [5.41, 5.74) is 1.04. The molecule has 1 aromatic heterocycles. The molecule has 88 valence electrons. The number of nitrogens with zero attached hydrogens (tertiary/aromatic N) is 3. The number of carbonyl (C=O) groups excluding carboxylic acids is 1. The van der Waals surface area contributed by atoms with Gasteiger partial charge in [-0.3, -0.25) is 9.48 Å². The summed E-state index contributed by atoms with van der Waals surface area (Å²) in [5.74, 6) is 0.221. The highest BCUT2D eigenvalue weighted by molar-refractivity contribution is 5.83. The van der Waals surface area contributed by atoms with Crippen molar-refractivity contribution in [2.75, 3.05) is 20.1 Å². The number of rotatable bonds is 4. The molecule has 1 aliphatic rings. The van der Waals surface area contributed by atoms with Crippen LogP contribution in [0.4, 0.5) is 0 Å². The molecule has 2 heterocycles. The molecule has 0 aromatic carbocycles. The number of nitrogens with one attached hydrogen (secondary N) is 1. The molecular formula is C11H18N4O. The molecular weight excluding hydrogens is 204 g/mol. The third-order valence-electron chi connectivity index (χ3n) is 3.05. The SMILES string of the molecule is CNC1CCN(CCc2ccn(C)n2)C1=O. The molecule has 0 spiro atoms. The average molecular weight is 222 g/mol. The molecule has 1 aliphatic heterocycles. The van der Waals surface area contributed by atoms with E-state index in [1.54, 1.807) is 4.68 Å². The Morgan fingerprint density at radius 3 is 3.00 bits per heavy atom. The van der Waals surface area contributed by atoms with Crippen molar-refractivity contribution in [2.24, 2.45) is 7.05 Å². The molecule has 2 rings (SSSR count). The maximum Gasteiger partial charge on any atom is 0.239 e. The second-order valence-corrected chi connectivity index (χ2v) is 4.19. The predicted molar refractivity (Wildman–Crippen MR) is 61.0 cm³/mol. The molecule has 1 N–H and O–H groups in total. The van der Waals surface area contributed by atoms with Crippen molar-refractivity contribution in [2.45, 2.75) is 18.9 Å². The molecule has 5 heteroatoms. The molecule has 0 saturated carbocycles. The van der Waals surface area contributed by atoms with Crippen molar-refractivity contribution < 1.29 is 4.79 Å². The molecule has 1 fully saturated rings. The lowest BCUT2D eigenvalue weighted by Crippen LogP contribution is -2.37. The van der Waals surface area contributed by atoms with E-state index in [9.17, 15) is 4.79 Å². The van der Waals surface area contributed by atoms with Gasteiger partial charge in [0.05, 0.1) is 11.7 Å². The van der Waals surface area contributed by atoms with Gasteiger partial charge in [0.2, 0.25) is 5.91 Å². The highest BCUT2D eigenvalue weighted by Gasteiger charge is 2.29. The van der Waals surface area contributed by atoms with E-state index >= 15 is 0 Å². The fraction of sp³-hybridized carbons (Fsp3) is 0.636. The first kappa shape index (κ1) is 11.1. The topological polar surface area (TPSA) is 50.2 Å². The summed E-state index contributed by atoms with van der Waals surface area (Å²) in [5, 5.41) is 7.33. The molecule has 16 heavy (non-hydrogen) atoms. The van der Waals surface area contributed by atoms with Gasteiger partial charge in [-0.1, -0.05) is 0 Å². The van der Waals surface area contributed by atoms with E-state index in [1.807, 2.05) is 31.3 Å². The van der Waals surface area contributed by atoms with Gasteiger partial charge in [-0.25, -0.2) is 0 Å². The van der Waals surface area contributed by atoms with Crippen LogP contribution in [0.3, 0.4) is 0 Å². The second kappa shape index (κ2) is 4.65. The van der Waals surface area contributed by atoms with Gasteiger partial charge in [-0.05, 0) is 19.5 Å². The standard InChI is InChI=1S/C11H18N4O/c1-12-10-5-8-15(11(10)16)7-4-9-3-6-14(2)13-9/h3,6,10,12H,4-5,7-8H2,1-2H3. The Bertz CT molecular complexity index is 374. The first-order chi connectivity index (χ1) is 7.70. The van der Waals surface area contributed by atoms with Crippen LogP contribution in [0.25, 0.3) is 0 Å².